The average Bonchev–Trinajstić information content (AvgIpc) is 2.87. The van der Waals surface area contributed by atoms with Crippen molar-refractivity contribution >= 4 is 29.1 Å². The third kappa shape index (κ3) is 2.77. The molecular weight excluding hydrogens is 277 g/mol. The minimum Gasteiger partial charge on any atom is -0.391 e. The van der Waals surface area contributed by atoms with E-state index in [9.17, 15) is 9.90 Å². The quantitative estimate of drug-likeness (QED) is 0.773. The smallest absolute Gasteiger partial charge is 0.229 e. The van der Waals surface area contributed by atoms with Gasteiger partial charge in [0, 0.05) is 19.8 Å². The fourth-order valence-corrected chi connectivity index (χ4v) is 3.01. The second-order valence-electron chi connectivity index (χ2n) is 5.44. The van der Waals surface area contributed by atoms with Crippen LogP contribution in [0, 0.1) is 11.3 Å². The molecule has 2 N–H and O–H groups in total. The lowest BCUT2D eigenvalue weighted by Gasteiger charge is -2.27. The highest BCUT2D eigenvalue weighted by Gasteiger charge is 2.67. The van der Waals surface area contributed by atoms with Crippen molar-refractivity contribution in [2.45, 2.75) is 36.6 Å². The summed E-state index contributed by atoms with van der Waals surface area (Å²) in [6, 6.07) is 0. The van der Waals surface area contributed by atoms with E-state index < -0.39 is 15.9 Å². The predicted octanol–water partition coefficient (Wildman–Crippen LogP) is 1.47. The van der Waals surface area contributed by atoms with Gasteiger partial charge in [0.05, 0.1) is 11.5 Å². The predicted molar refractivity (Wildman–Crippen MR) is 69.7 cm³/mol. The monoisotopic (exact) mass is 295 g/mol. The first kappa shape index (κ1) is 14.4. The van der Waals surface area contributed by atoms with E-state index in [2.05, 4.69) is 5.32 Å². The minimum absolute atomic E-state index is 0.182. The largest absolute Gasteiger partial charge is 0.391 e. The number of alkyl halides is 2. The first-order chi connectivity index (χ1) is 8.37. The molecule has 2 aliphatic rings. The second kappa shape index (κ2) is 5.16. The van der Waals surface area contributed by atoms with Gasteiger partial charge in [-0.25, -0.2) is 0 Å². The van der Waals surface area contributed by atoms with Gasteiger partial charge >= 0.3 is 0 Å². The number of hydrogen-bond acceptors (Lipinski definition) is 3. The first-order valence-corrected chi connectivity index (χ1v) is 7.04. The van der Waals surface area contributed by atoms with Gasteiger partial charge in [0.25, 0.3) is 0 Å². The van der Waals surface area contributed by atoms with E-state index in [0.717, 1.165) is 12.8 Å². The lowest BCUT2D eigenvalue weighted by Crippen LogP contribution is -2.41. The van der Waals surface area contributed by atoms with Crippen molar-refractivity contribution < 1.29 is 14.6 Å². The van der Waals surface area contributed by atoms with Crippen molar-refractivity contribution in [1.29, 1.82) is 0 Å². The molecule has 2 atom stereocenters. The van der Waals surface area contributed by atoms with Crippen LogP contribution < -0.4 is 5.32 Å². The Morgan fingerprint density at radius 3 is 2.56 bits per heavy atom. The molecule has 6 heteroatoms. The Morgan fingerprint density at radius 2 is 2.06 bits per heavy atom. The Morgan fingerprint density at radius 1 is 1.50 bits per heavy atom. The van der Waals surface area contributed by atoms with E-state index in [0.29, 0.717) is 19.6 Å². The van der Waals surface area contributed by atoms with E-state index in [1.807, 2.05) is 0 Å². The molecule has 0 aromatic carbocycles. The zero-order chi connectivity index (χ0) is 13.4. The van der Waals surface area contributed by atoms with Crippen molar-refractivity contribution in [3.63, 3.8) is 0 Å². The molecule has 2 fully saturated rings. The summed E-state index contributed by atoms with van der Waals surface area (Å²) < 4.78 is 4.28. The molecule has 104 valence electrons. The van der Waals surface area contributed by atoms with E-state index >= 15 is 0 Å². The summed E-state index contributed by atoms with van der Waals surface area (Å²) in [6.07, 6.45) is 1.61. The topological polar surface area (TPSA) is 58.6 Å². The summed E-state index contributed by atoms with van der Waals surface area (Å²) in [4.78, 5) is 11.9. The molecule has 1 amide bonds. The number of aliphatic hydroxyl groups is 1. The molecule has 2 rings (SSSR count). The summed E-state index contributed by atoms with van der Waals surface area (Å²) in [5.74, 6) is 0.0152. The standard InChI is InChI=1S/C12H19Cl2NO3/c1-11(7-12(11,13)14)10(17)15-6-9(16)8-2-4-18-5-3-8/h8-9,16H,2-7H2,1H3,(H,15,17). The molecule has 0 radical (unpaired) electrons. The number of nitrogens with one attached hydrogen (secondary N) is 1. The van der Waals surface area contributed by atoms with Crippen molar-refractivity contribution in [3.8, 4) is 0 Å². The highest BCUT2D eigenvalue weighted by atomic mass is 35.5. The van der Waals surface area contributed by atoms with Crippen LogP contribution >= 0.6 is 23.2 Å². The summed E-state index contributed by atoms with van der Waals surface area (Å²) >= 11 is 11.9. The van der Waals surface area contributed by atoms with Crippen molar-refractivity contribution in [2.24, 2.45) is 11.3 Å². The Hall–Kier alpha value is -0.0300. The molecule has 2 unspecified atom stereocenters. The van der Waals surface area contributed by atoms with Gasteiger partial charge in [0.1, 0.15) is 4.33 Å². The van der Waals surface area contributed by atoms with E-state index in [1.165, 1.54) is 0 Å². The number of aliphatic hydroxyl groups excluding tert-OH is 1. The zero-order valence-corrected chi connectivity index (χ0v) is 11.9. The molecule has 18 heavy (non-hydrogen) atoms. The molecule has 1 aliphatic heterocycles. The molecule has 1 aliphatic carbocycles. The Balaban J connectivity index is 1.76. The van der Waals surface area contributed by atoms with Gasteiger partial charge < -0.3 is 15.2 Å². The maximum absolute atomic E-state index is 11.9. The molecule has 0 spiro atoms. The number of carbonyl (C=O) groups excluding carboxylic acids is 1. The van der Waals surface area contributed by atoms with Crippen LogP contribution in [0.25, 0.3) is 0 Å². The van der Waals surface area contributed by atoms with E-state index in [1.54, 1.807) is 6.92 Å². The van der Waals surface area contributed by atoms with Crippen LogP contribution in [-0.2, 0) is 9.53 Å². The molecule has 0 aromatic heterocycles. The van der Waals surface area contributed by atoms with Gasteiger partial charge in [-0.15, -0.1) is 23.2 Å². The fourth-order valence-electron chi connectivity index (χ4n) is 2.31. The number of halogens is 2. The SMILES string of the molecule is CC1(C(=O)NCC(O)C2CCOCC2)CC1(Cl)Cl. The Labute approximate surface area is 117 Å². The minimum atomic E-state index is -0.958. The Bertz CT molecular complexity index is 331. The molecule has 1 saturated carbocycles. The maximum atomic E-state index is 11.9. The van der Waals surface area contributed by atoms with Crippen LogP contribution in [0.2, 0.25) is 0 Å². The van der Waals surface area contributed by atoms with Crippen molar-refractivity contribution in [2.75, 3.05) is 19.8 Å². The van der Waals surface area contributed by atoms with Gasteiger partial charge in [0.2, 0.25) is 5.91 Å². The van der Waals surface area contributed by atoms with Gasteiger partial charge in [-0.3, -0.25) is 4.79 Å². The number of carbonyl (C=O) groups is 1. The normalized spacial score (nSPS) is 32.9. The van der Waals surface area contributed by atoms with Gasteiger partial charge in [-0.05, 0) is 32.1 Å². The lowest BCUT2D eigenvalue weighted by molar-refractivity contribution is -0.126. The van der Waals surface area contributed by atoms with Crippen LogP contribution in [0.15, 0.2) is 0 Å². The average molecular weight is 296 g/mol. The summed E-state index contributed by atoms with van der Waals surface area (Å²) in [5, 5.41) is 12.7. The highest BCUT2D eigenvalue weighted by Crippen LogP contribution is 2.63. The molecule has 1 heterocycles. The van der Waals surface area contributed by atoms with Crippen LogP contribution in [0.1, 0.15) is 26.2 Å². The summed E-state index contributed by atoms with van der Waals surface area (Å²) in [5.41, 5.74) is -0.717. The second-order valence-corrected chi connectivity index (χ2v) is 6.92. The highest BCUT2D eigenvalue weighted by molar-refractivity contribution is 6.53. The van der Waals surface area contributed by atoms with E-state index in [4.69, 9.17) is 27.9 Å². The van der Waals surface area contributed by atoms with Crippen LogP contribution in [0.5, 0.6) is 0 Å². The van der Waals surface area contributed by atoms with Crippen LogP contribution in [-0.4, -0.2) is 41.2 Å². The zero-order valence-electron chi connectivity index (χ0n) is 10.4. The molecule has 0 aromatic rings. The number of hydrogen-bond donors (Lipinski definition) is 2. The molecule has 0 bridgehead atoms. The number of amides is 1. The third-order valence-electron chi connectivity index (χ3n) is 4.04. The van der Waals surface area contributed by atoms with Gasteiger partial charge in [-0.1, -0.05) is 0 Å². The lowest BCUT2D eigenvalue weighted by atomic mass is 9.94. The van der Waals surface area contributed by atoms with Gasteiger partial charge in [-0.2, -0.15) is 0 Å². The Kier molecular flexibility index (Phi) is 4.12. The van der Waals surface area contributed by atoms with E-state index in [-0.39, 0.29) is 18.4 Å². The first-order valence-electron chi connectivity index (χ1n) is 6.29. The molecular formula is C12H19Cl2NO3. The summed E-state index contributed by atoms with van der Waals surface area (Å²) in [6.45, 7) is 3.35. The molecule has 1 saturated heterocycles. The van der Waals surface area contributed by atoms with Crippen molar-refractivity contribution in [3.05, 3.63) is 0 Å². The maximum Gasteiger partial charge on any atom is 0.229 e. The third-order valence-corrected chi connectivity index (χ3v) is 5.14. The fraction of sp³-hybridized carbons (Fsp3) is 0.917. The van der Waals surface area contributed by atoms with Crippen LogP contribution in [0.4, 0.5) is 0 Å². The number of rotatable bonds is 4. The molecule has 4 nitrogen and oxygen atoms in total. The van der Waals surface area contributed by atoms with Crippen LogP contribution in [0.3, 0.4) is 0 Å². The summed E-state index contributed by atoms with van der Waals surface area (Å²) in [7, 11) is 0. The van der Waals surface area contributed by atoms with Gasteiger partial charge in [0.15, 0.2) is 0 Å². The van der Waals surface area contributed by atoms with Crippen molar-refractivity contribution in [1.82, 2.24) is 5.32 Å². The number of ether oxygens (including phenoxy) is 1.